The number of nitrogen functional groups attached to an aromatic ring is 1. The van der Waals surface area contributed by atoms with E-state index in [1.54, 1.807) is 31.2 Å². The molecule has 1 unspecified atom stereocenters. The second-order valence-electron chi connectivity index (χ2n) is 6.49. The van der Waals surface area contributed by atoms with Gasteiger partial charge in [0.2, 0.25) is 0 Å². The molecule has 3 heterocycles. The molecule has 5 atom stereocenters. The summed E-state index contributed by atoms with van der Waals surface area (Å²) in [5.74, 6) is 0.118. The Kier molecular flexibility index (Phi) is 4.25. The molecule has 8 nitrogen and oxygen atoms in total. The third-order valence-corrected chi connectivity index (χ3v) is 5.01. The summed E-state index contributed by atoms with van der Waals surface area (Å²) in [4.78, 5) is 16.0. The molecule has 0 saturated carbocycles. The lowest BCUT2D eigenvalue weighted by Gasteiger charge is -2.28. The average Bonchev–Trinajstić information content (AvgIpc) is 3.08. The maximum atomic E-state index is 12.3. The molecule has 2 saturated heterocycles. The van der Waals surface area contributed by atoms with Gasteiger partial charge in [-0.2, -0.15) is 4.98 Å². The monoisotopic (exact) mass is 379 g/mol. The predicted octanol–water partition coefficient (Wildman–Crippen LogP) is 1.24. The lowest BCUT2D eigenvalue weighted by atomic mass is 9.96. The van der Waals surface area contributed by atoms with Crippen LogP contribution in [0.15, 0.2) is 41.3 Å². The van der Waals surface area contributed by atoms with Crippen molar-refractivity contribution < 1.29 is 19.3 Å². The van der Waals surface area contributed by atoms with Crippen molar-refractivity contribution in [3.63, 3.8) is 0 Å². The van der Waals surface area contributed by atoms with E-state index in [1.807, 2.05) is 0 Å². The molecule has 2 aromatic rings. The van der Waals surface area contributed by atoms with Crippen LogP contribution in [0.5, 0.6) is 0 Å². The zero-order valence-corrected chi connectivity index (χ0v) is 14.7. The molecule has 0 amide bonds. The largest absolute Gasteiger partial charge is 0.394 e. The number of nitrogens with zero attached hydrogens (tertiary/aromatic N) is 2. The minimum Gasteiger partial charge on any atom is -0.394 e. The van der Waals surface area contributed by atoms with Gasteiger partial charge >= 0.3 is 5.69 Å². The molecule has 26 heavy (non-hydrogen) atoms. The number of aliphatic hydroxyl groups excluding tert-OH is 1. The maximum Gasteiger partial charge on any atom is 0.351 e. The number of anilines is 1. The first-order valence-electron chi connectivity index (χ1n) is 8.12. The van der Waals surface area contributed by atoms with Crippen LogP contribution in [0.2, 0.25) is 5.02 Å². The van der Waals surface area contributed by atoms with Crippen LogP contribution in [-0.4, -0.2) is 39.1 Å². The highest BCUT2D eigenvalue weighted by molar-refractivity contribution is 6.30. The van der Waals surface area contributed by atoms with Gasteiger partial charge in [0, 0.05) is 16.8 Å². The van der Waals surface area contributed by atoms with Gasteiger partial charge in [0.1, 0.15) is 23.6 Å². The van der Waals surface area contributed by atoms with Crippen LogP contribution in [0.1, 0.15) is 25.0 Å². The fraction of sp³-hybridized carbons (Fsp3) is 0.412. The Morgan fingerprint density at radius 3 is 2.69 bits per heavy atom. The summed E-state index contributed by atoms with van der Waals surface area (Å²) >= 11 is 5.93. The summed E-state index contributed by atoms with van der Waals surface area (Å²) in [6.07, 6.45) is -1.20. The van der Waals surface area contributed by atoms with Gasteiger partial charge in [-0.25, -0.2) is 4.79 Å². The summed E-state index contributed by atoms with van der Waals surface area (Å²) in [5.41, 5.74) is 4.77. The van der Waals surface area contributed by atoms with E-state index in [-0.39, 0.29) is 12.4 Å². The van der Waals surface area contributed by atoms with Crippen molar-refractivity contribution in [3.8, 4) is 0 Å². The number of fused-ring (bicyclic) bond motifs is 1. The number of nitrogens with two attached hydrogens (primary N) is 1. The minimum atomic E-state index is -1.00. The zero-order valence-electron chi connectivity index (χ0n) is 13.9. The molecule has 0 spiro atoms. The first-order chi connectivity index (χ1) is 12.4. The van der Waals surface area contributed by atoms with Crippen molar-refractivity contribution in [3.05, 3.63) is 57.6 Å². The summed E-state index contributed by atoms with van der Waals surface area (Å²) in [7, 11) is 0. The van der Waals surface area contributed by atoms with E-state index in [0.29, 0.717) is 5.02 Å². The molecule has 3 N–H and O–H groups in total. The molecule has 1 aromatic carbocycles. The molecule has 2 fully saturated rings. The van der Waals surface area contributed by atoms with E-state index in [4.69, 9.17) is 31.5 Å². The SMILES string of the molecule is C[C@@]12OC(c3ccc(Cl)cc3)O[C@@H]1[C@@H](CO)O[C@H]2n1ccc(N)nc1=O. The molecule has 2 aliphatic rings. The quantitative estimate of drug-likeness (QED) is 0.825. The van der Waals surface area contributed by atoms with Gasteiger partial charge in [0.15, 0.2) is 12.5 Å². The number of hydrogen-bond acceptors (Lipinski definition) is 7. The number of aliphatic hydroxyl groups is 1. The molecule has 0 radical (unpaired) electrons. The van der Waals surface area contributed by atoms with Gasteiger partial charge in [-0.1, -0.05) is 23.7 Å². The molecule has 1 aromatic heterocycles. The van der Waals surface area contributed by atoms with Crippen LogP contribution in [0, 0.1) is 0 Å². The standard InChI is InChI=1S/C17H18ClN3O5/c1-17-13(25-14(26-17)9-2-4-10(18)5-3-9)11(8-22)24-15(17)21-7-6-12(19)20-16(21)23/h2-7,11,13-15,22H,8H2,1H3,(H2,19,20,23)/t11-,13-,14?,15-,17-/m1/s1. The number of aromatic nitrogens is 2. The topological polar surface area (TPSA) is 109 Å². The van der Waals surface area contributed by atoms with Crippen molar-refractivity contribution in [2.24, 2.45) is 0 Å². The molecule has 2 aliphatic heterocycles. The summed E-state index contributed by atoms with van der Waals surface area (Å²) in [6, 6.07) is 8.59. The molecule has 0 bridgehead atoms. The Morgan fingerprint density at radius 1 is 1.31 bits per heavy atom. The highest BCUT2D eigenvalue weighted by Crippen LogP contribution is 2.51. The average molecular weight is 380 g/mol. The van der Waals surface area contributed by atoms with E-state index in [9.17, 15) is 9.90 Å². The smallest absolute Gasteiger partial charge is 0.351 e. The molecule has 4 rings (SSSR count). The first kappa shape index (κ1) is 17.4. The van der Waals surface area contributed by atoms with E-state index < -0.39 is 36.0 Å². The van der Waals surface area contributed by atoms with Crippen molar-refractivity contribution in [2.45, 2.75) is 37.3 Å². The van der Waals surface area contributed by atoms with Crippen molar-refractivity contribution >= 4 is 17.4 Å². The summed E-state index contributed by atoms with van der Waals surface area (Å²) in [5, 5.41) is 10.3. The molecular formula is C17H18ClN3O5. The lowest BCUT2D eigenvalue weighted by molar-refractivity contribution is -0.175. The fourth-order valence-electron chi connectivity index (χ4n) is 3.47. The first-order valence-corrected chi connectivity index (χ1v) is 8.50. The van der Waals surface area contributed by atoms with Crippen molar-refractivity contribution in [1.82, 2.24) is 9.55 Å². The second kappa shape index (κ2) is 6.33. The van der Waals surface area contributed by atoms with Gasteiger partial charge in [0.05, 0.1) is 6.61 Å². The van der Waals surface area contributed by atoms with Gasteiger partial charge in [-0.05, 0) is 25.1 Å². The third kappa shape index (κ3) is 2.70. The summed E-state index contributed by atoms with van der Waals surface area (Å²) in [6.45, 7) is 1.52. The summed E-state index contributed by atoms with van der Waals surface area (Å²) < 4.78 is 19.3. The molecule has 0 aliphatic carbocycles. The van der Waals surface area contributed by atoms with Crippen molar-refractivity contribution in [1.29, 1.82) is 0 Å². The van der Waals surface area contributed by atoms with Gasteiger partial charge in [-0.3, -0.25) is 4.57 Å². The Labute approximate surface area is 154 Å². The van der Waals surface area contributed by atoms with Gasteiger partial charge < -0.3 is 25.1 Å². The normalized spacial score (nSPS) is 33.3. The number of rotatable bonds is 3. The van der Waals surface area contributed by atoms with E-state index in [1.165, 1.54) is 16.8 Å². The van der Waals surface area contributed by atoms with Crippen LogP contribution >= 0.6 is 11.6 Å². The number of hydrogen-bond donors (Lipinski definition) is 2. The van der Waals surface area contributed by atoms with E-state index >= 15 is 0 Å². The van der Waals surface area contributed by atoms with Crippen LogP contribution < -0.4 is 11.4 Å². The Morgan fingerprint density at radius 2 is 2.04 bits per heavy atom. The minimum absolute atomic E-state index is 0.118. The fourth-order valence-corrected chi connectivity index (χ4v) is 3.60. The number of benzene rings is 1. The maximum absolute atomic E-state index is 12.3. The van der Waals surface area contributed by atoms with E-state index in [0.717, 1.165) is 5.56 Å². The van der Waals surface area contributed by atoms with E-state index in [2.05, 4.69) is 4.98 Å². The Bertz CT molecular complexity index is 873. The Hall–Kier alpha value is -1.97. The zero-order chi connectivity index (χ0) is 18.5. The van der Waals surface area contributed by atoms with Gasteiger partial charge in [-0.15, -0.1) is 0 Å². The lowest BCUT2D eigenvalue weighted by Crippen LogP contribution is -2.44. The van der Waals surface area contributed by atoms with Gasteiger partial charge in [0.25, 0.3) is 0 Å². The highest BCUT2D eigenvalue weighted by Gasteiger charge is 2.62. The highest BCUT2D eigenvalue weighted by atomic mass is 35.5. The number of halogens is 1. The van der Waals surface area contributed by atoms with Crippen LogP contribution in [0.25, 0.3) is 0 Å². The van der Waals surface area contributed by atoms with Crippen LogP contribution in [0.3, 0.4) is 0 Å². The van der Waals surface area contributed by atoms with Crippen LogP contribution in [-0.2, 0) is 14.2 Å². The van der Waals surface area contributed by atoms with Crippen LogP contribution in [0.4, 0.5) is 5.82 Å². The molecule has 138 valence electrons. The second-order valence-corrected chi connectivity index (χ2v) is 6.93. The molecule has 9 heteroatoms. The number of ether oxygens (including phenoxy) is 3. The van der Waals surface area contributed by atoms with Crippen molar-refractivity contribution in [2.75, 3.05) is 12.3 Å². The molecular weight excluding hydrogens is 362 g/mol. The predicted molar refractivity (Wildman–Crippen MR) is 92.5 cm³/mol. The third-order valence-electron chi connectivity index (χ3n) is 4.75. The Balaban J connectivity index is 1.70.